The Morgan fingerprint density at radius 3 is 1.50 bits per heavy atom. The van der Waals surface area contributed by atoms with Crippen LogP contribution in [0.4, 0.5) is 0 Å². The molecule has 0 fully saturated rings. The van der Waals surface area contributed by atoms with Gasteiger partial charge < -0.3 is 28.1 Å². The van der Waals surface area contributed by atoms with Crippen LogP contribution in [0.15, 0.2) is 61.2 Å². The monoisotopic (exact) mass is 528 g/mol. The zero-order valence-electron chi connectivity index (χ0n) is 20.1. The molecule has 0 N–H and O–H groups in total. The molecule has 0 radical (unpaired) electrons. The van der Waals surface area contributed by atoms with E-state index in [-0.39, 0.29) is 0 Å². The maximum absolute atomic E-state index is 5.72. The van der Waals surface area contributed by atoms with Gasteiger partial charge in [-0.25, -0.2) is 0 Å². The Kier molecular flexibility index (Phi) is 9.01. The molecule has 36 heavy (non-hydrogen) atoms. The molecule has 0 saturated heterocycles. The van der Waals surface area contributed by atoms with Crippen LogP contribution in [0.3, 0.4) is 0 Å². The van der Waals surface area contributed by atoms with E-state index in [4.69, 9.17) is 43.4 Å². The van der Waals surface area contributed by atoms with Crippen LogP contribution in [-0.4, -0.2) is 68.9 Å². The molecule has 4 aromatic rings. The van der Waals surface area contributed by atoms with Crippen LogP contribution in [-0.2, 0) is 22.6 Å². The highest BCUT2D eigenvalue weighted by Gasteiger charge is 2.06. The van der Waals surface area contributed by atoms with E-state index in [0.29, 0.717) is 72.5 Å². The third-order valence-corrected chi connectivity index (χ3v) is 6.21. The van der Waals surface area contributed by atoms with E-state index in [9.17, 15) is 0 Å². The molecule has 10 nitrogen and oxygen atoms in total. The second-order valence-corrected chi connectivity index (χ2v) is 8.32. The number of hydrogen-bond acceptors (Lipinski definition) is 8. The largest absolute Gasteiger partial charge is 0.481 e. The molecule has 12 heteroatoms. The van der Waals surface area contributed by atoms with Crippen molar-refractivity contribution in [2.75, 3.05) is 40.6 Å². The van der Waals surface area contributed by atoms with Crippen molar-refractivity contribution in [3.05, 3.63) is 70.7 Å². The Balaban J connectivity index is 1.17. The predicted octanol–water partition coefficient (Wildman–Crippen LogP) is 3.87. The van der Waals surface area contributed by atoms with Gasteiger partial charge in [-0.15, -0.1) is 0 Å². The van der Waals surface area contributed by atoms with Crippen LogP contribution in [0.2, 0.25) is 0 Å². The lowest BCUT2D eigenvalue weighted by Crippen LogP contribution is -2.12. The van der Waals surface area contributed by atoms with Gasteiger partial charge in [-0.3, -0.25) is 9.13 Å². The molecule has 0 aliphatic heterocycles. The lowest BCUT2D eigenvalue weighted by molar-refractivity contribution is 0.0418. The lowest BCUT2D eigenvalue weighted by Gasteiger charge is -2.08. The van der Waals surface area contributed by atoms with Gasteiger partial charge in [-0.2, -0.15) is 9.97 Å². The fourth-order valence-electron chi connectivity index (χ4n) is 3.47. The van der Waals surface area contributed by atoms with Crippen LogP contribution in [0.1, 0.15) is 0 Å². The predicted molar refractivity (Wildman–Crippen MR) is 140 cm³/mol. The topological polar surface area (TPSA) is 82.4 Å². The van der Waals surface area contributed by atoms with Crippen LogP contribution < -0.4 is 9.47 Å². The highest BCUT2D eigenvalue weighted by atomic mass is 32.1. The minimum Gasteiger partial charge on any atom is -0.481 e. The minimum absolute atomic E-state index is 0.492. The summed E-state index contributed by atoms with van der Waals surface area (Å²) in [6, 6.07) is 11.1. The summed E-state index contributed by atoms with van der Waals surface area (Å²) in [6.07, 6.45) is 7.60. The highest BCUT2D eigenvalue weighted by Crippen LogP contribution is 2.13. The quantitative estimate of drug-likeness (QED) is 0.191. The van der Waals surface area contributed by atoms with E-state index in [1.807, 2.05) is 67.3 Å². The van der Waals surface area contributed by atoms with Crippen molar-refractivity contribution in [3.63, 3.8) is 0 Å². The van der Waals surface area contributed by atoms with Crippen LogP contribution in [0, 0.1) is 9.54 Å². The first-order valence-corrected chi connectivity index (χ1v) is 12.2. The van der Waals surface area contributed by atoms with Gasteiger partial charge in [0.25, 0.3) is 0 Å². The maximum atomic E-state index is 5.72. The first kappa shape index (κ1) is 25.8. The Hall–Kier alpha value is -3.32. The number of ether oxygens (including phenoxy) is 4. The van der Waals surface area contributed by atoms with Gasteiger partial charge in [0.2, 0.25) is 11.8 Å². The smallest absolute Gasteiger partial charge is 0.214 e. The third kappa shape index (κ3) is 6.26. The number of aromatic nitrogens is 6. The van der Waals surface area contributed by atoms with E-state index >= 15 is 0 Å². The van der Waals surface area contributed by atoms with Gasteiger partial charge in [0, 0.05) is 50.0 Å². The molecule has 0 bridgehead atoms. The van der Waals surface area contributed by atoms with Gasteiger partial charge in [0.1, 0.15) is 11.6 Å². The normalized spacial score (nSPS) is 11.1. The summed E-state index contributed by atoms with van der Waals surface area (Å²) in [6.45, 7) is 3.30. The molecule has 0 atom stereocenters. The molecule has 4 heterocycles. The average molecular weight is 529 g/mol. The standard InChI is InChI=1S/C24H28N6O4S2/c1-31-21-7-3-5-19(25-21)29-11-9-27(23(29)35)13-15-33-17-18-34-16-14-28-10-12-30(24(28)36)20-6-4-8-22(26-20)32-2/h3-12H,13-18H2,1-2H3. The molecular formula is C24H28N6O4S2. The Bertz CT molecular complexity index is 1290. The SMILES string of the molecule is COc1cccc(-n2ccn(CCOCCOCCn3ccn(-c4cccc(OC)n4)c3=S)c2=S)n1. The Morgan fingerprint density at radius 2 is 1.08 bits per heavy atom. The van der Waals surface area contributed by atoms with Crippen molar-refractivity contribution in [2.45, 2.75) is 13.1 Å². The summed E-state index contributed by atoms with van der Waals surface area (Å²) >= 11 is 11.1. The number of imidazole rings is 2. The van der Waals surface area contributed by atoms with E-state index < -0.39 is 0 Å². The van der Waals surface area contributed by atoms with Crippen LogP contribution in [0.5, 0.6) is 11.8 Å². The molecule has 0 amide bonds. The van der Waals surface area contributed by atoms with Gasteiger partial charge in [-0.1, -0.05) is 12.1 Å². The summed E-state index contributed by atoms with van der Waals surface area (Å²) < 4.78 is 30.7. The minimum atomic E-state index is 0.492. The molecule has 4 rings (SSSR count). The number of pyridine rings is 2. The molecule has 0 aromatic carbocycles. The second-order valence-electron chi connectivity index (χ2n) is 7.59. The van der Waals surface area contributed by atoms with Crippen LogP contribution >= 0.6 is 24.4 Å². The van der Waals surface area contributed by atoms with Gasteiger partial charge in [0.05, 0.1) is 40.6 Å². The molecule has 0 saturated carbocycles. The molecule has 190 valence electrons. The Labute approximate surface area is 219 Å². The summed E-state index contributed by atoms with van der Waals surface area (Å²) in [5.74, 6) is 2.50. The molecule has 4 aromatic heterocycles. The first-order chi connectivity index (χ1) is 17.6. The van der Waals surface area contributed by atoms with Crippen molar-refractivity contribution in [3.8, 4) is 23.4 Å². The molecule has 0 aliphatic carbocycles. The van der Waals surface area contributed by atoms with E-state index in [0.717, 1.165) is 0 Å². The first-order valence-electron chi connectivity index (χ1n) is 11.3. The summed E-state index contributed by atoms with van der Waals surface area (Å²) in [4.78, 5) is 8.84. The number of hydrogen-bond donors (Lipinski definition) is 0. The zero-order valence-corrected chi connectivity index (χ0v) is 21.8. The van der Waals surface area contributed by atoms with Gasteiger partial charge >= 0.3 is 0 Å². The maximum Gasteiger partial charge on any atom is 0.214 e. The molecular weight excluding hydrogens is 500 g/mol. The summed E-state index contributed by atoms with van der Waals surface area (Å²) in [5, 5.41) is 0. The zero-order chi connectivity index (χ0) is 25.3. The lowest BCUT2D eigenvalue weighted by atomic mass is 10.4. The van der Waals surface area contributed by atoms with Crippen molar-refractivity contribution in [1.82, 2.24) is 28.2 Å². The van der Waals surface area contributed by atoms with Gasteiger partial charge in [-0.05, 0) is 36.6 Å². The Morgan fingerprint density at radius 1 is 0.639 bits per heavy atom. The summed E-state index contributed by atoms with van der Waals surface area (Å²) in [5.41, 5.74) is 0. The number of methoxy groups -OCH3 is 2. The van der Waals surface area contributed by atoms with Crippen molar-refractivity contribution in [2.24, 2.45) is 0 Å². The second kappa shape index (κ2) is 12.6. The summed E-state index contributed by atoms with van der Waals surface area (Å²) in [7, 11) is 3.18. The highest BCUT2D eigenvalue weighted by molar-refractivity contribution is 7.71. The van der Waals surface area contributed by atoms with E-state index in [2.05, 4.69) is 9.97 Å². The van der Waals surface area contributed by atoms with Crippen molar-refractivity contribution >= 4 is 24.4 Å². The molecule has 0 spiro atoms. The fraction of sp³-hybridized carbons (Fsp3) is 0.333. The number of rotatable bonds is 13. The average Bonchev–Trinajstić information content (AvgIpc) is 3.47. The van der Waals surface area contributed by atoms with E-state index in [1.54, 1.807) is 26.4 Å². The fourth-order valence-corrected chi connectivity index (χ4v) is 4.08. The van der Waals surface area contributed by atoms with Crippen LogP contribution in [0.25, 0.3) is 11.6 Å². The van der Waals surface area contributed by atoms with Crippen molar-refractivity contribution in [1.29, 1.82) is 0 Å². The third-order valence-electron chi connectivity index (χ3n) is 5.35. The molecule has 0 aliphatic rings. The van der Waals surface area contributed by atoms with Gasteiger partial charge in [0.15, 0.2) is 9.54 Å². The van der Waals surface area contributed by atoms with E-state index in [1.165, 1.54) is 0 Å². The molecule has 0 unspecified atom stereocenters. The number of nitrogens with zero attached hydrogens (tertiary/aromatic N) is 6. The van der Waals surface area contributed by atoms with Crippen molar-refractivity contribution < 1.29 is 18.9 Å².